The fourth-order valence-corrected chi connectivity index (χ4v) is 3.32. The SMILES string of the molecule is CCc1c(C)nc(-c2ccsc2)nc1Nc1ccc(CC(N)=O)cc1. The summed E-state index contributed by atoms with van der Waals surface area (Å²) in [6, 6.07) is 9.67. The van der Waals surface area contributed by atoms with Gasteiger partial charge in [0, 0.05) is 27.9 Å². The minimum atomic E-state index is -0.333. The summed E-state index contributed by atoms with van der Waals surface area (Å²) in [7, 11) is 0. The standard InChI is InChI=1S/C19H20N4OS/c1-3-16-12(2)21-18(14-8-9-25-11-14)23-19(16)22-15-6-4-13(5-7-15)10-17(20)24/h4-9,11H,3,10H2,1-2H3,(H2,20,24)(H,21,22,23). The third kappa shape index (κ3) is 4.03. The highest BCUT2D eigenvalue weighted by molar-refractivity contribution is 7.08. The lowest BCUT2D eigenvalue weighted by Crippen LogP contribution is -2.13. The van der Waals surface area contributed by atoms with E-state index in [4.69, 9.17) is 10.7 Å². The Hall–Kier alpha value is -2.73. The van der Waals surface area contributed by atoms with E-state index >= 15 is 0 Å². The van der Waals surface area contributed by atoms with E-state index in [1.165, 1.54) is 0 Å². The summed E-state index contributed by atoms with van der Waals surface area (Å²) in [5.74, 6) is 1.21. The molecule has 2 aromatic heterocycles. The molecule has 128 valence electrons. The van der Waals surface area contributed by atoms with Gasteiger partial charge in [0.15, 0.2) is 5.82 Å². The molecule has 0 unspecified atom stereocenters. The zero-order valence-electron chi connectivity index (χ0n) is 14.2. The summed E-state index contributed by atoms with van der Waals surface area (Å²) >= 11 is 1.63. The first-order valence-electron chi connectivity index (χ1n) is 8.11. The highest BCUT2D eigenvalue weighted by atomic mass is 32.1. The number of benzene rings is 1. The number of nitrogens with zero attached hydrogens (tertiary/aromatic N) is 2. The molecule has 0 fully saturated rings. The smallest absolute Gasteiger partial charge is 0.221 e. The van der Waals surface area contributed by atoms with Gasteiger partial charge in [-0.3, -0.25) is 4.79 Å². The summed E-state index contributed by atoms with van der Waals surface area (Å²) in [6.07, 6.45) is 1.09. The van der Waals surface area contributed by atoms with Crippen LogP contribution in [0.25, 0.3) is 11.4 Å². The number of aryl methyl sites for hydroxylation is 1. The molecule has 0 aliphatic heterocycles. The van der Waals surface area contributed by atoms with Gasteiger partial charge in [0.05, 0.1) is 6.42 Å². The van der Waals surface area contributed by atoms with Crippen LogP contribution in [0.4, 0.5) is 11.5 Å². The highest BCUT2D eigenvalue weighted by Gasteiger charge is 2.12. The van der Waals surface area contributed by atoms with Crippen molar-refractivity contribution >= 4 is 28.7 Å². The van der Waals surface area contributed by atoms with E-state index in [2.05, 4.69) is 17.2 Å². The lowest BCUT2D eigenvalue weighted by molar-refractivity contribution is -0.117. The second-order valence-electron chi connectivity index (χ2n) is 5.79. The number of carbonyl (C=O) groups excluding carboxylic acids is 1. The van der Waals surface area contributed by atoms with Gasteiger partial charge in [-0.2, -0.15) is 11.3 Å². The Bertz CT molecular complexity index is 873. The number of hydrogen-bond acceptors (Lipinski definition) is 5. The van der Waals surface area contributed by atoms with Crippen LogP contribution in [0.5, 0.6) is 0 Å². The van der Waals surface area contributed by atoms with E-state index in [9.17, 15) is 4.79 Å². The number of thiophene rings is 1. The number of rotatable bonds is 6. The maximum Gasteiger partial charge on any atom is 0.221 e. The lowest BCUT2D eigenvalue weighted by Gasteiger charge is -2.14. The first kappa shape index (κ1) is 17.1. The molecule has 5 nitrogen and oxygen atoms in total. The summed E-state index contributed by atoms with van der Waals surface area (Å²) in [5.41, 5.74) is 10.1. The van der Waals surface area contributed by atoms with Crippen molar-refractivity contribution in [1.82, 2.24) is 9.97 Å². The topological polar surface area (TPSA) is 80.9 Å². The van der Waals surface area contributed by atoms with E-state index in [0.717, 1.165) is 46.1 Å². The van der Waals surface area contributed by atoms with Gasteiger partial charge in [-0.15, -0.1) is 0 Å². The number of hydrogen-bond donors (Lipinski definition) is 2. The summed E-state index contributed by atoms with van der Waals surface area (Å²) in [6.45, 7) is 4.11. The predicted molar refractivity (Wildman–Crippen MR) is 102 cm³/mol. The molecule has 0 aliphatic carbocycles. The molecule has 0 atom stereocenters. The molecule has 1 aromatic carbocycles. The average Bonchev–Trinajstić information content (AvgIpc) is 3.10. The molecule has 0 spiro atoms. The molecular formula is C19H20N4OS. The van der Waals surface area contributed by atoms with Crippen LogP contribution in [-0.2, 0) is 17.6 Å². The Morgan fingerprint density at radius 2 is 1.96 bits per heavy atom. The van der Waals surface area contributed by atoms with Crippen LogP contribution >= 0.6 is 11.3 Å². The lowest BCUT2D eigenvalue weighted by atomic mass is 10.1. The van der Waals surface area contributed by atoms with Crippen molar-refractivity contribution in [3.8, 4) is 11.4 Å². The number of nitrogens with one attached hydrogen (secondary N) is 1. The molecule has 2 heterocycles. The molecule has 3 aromatic rings. The van der Waals surface area contributed by atoms with Crippen molar-refractivity contribution in [1.29, 1.82) is 0 Å². The molecule has 0 radical (unpaired) electrons. The Morgan fingerprint density at radius 3 is 2.56 bits per heavy atom. The molecular weight excluding hydrogens is 332 g/mol. The molecule has 0 aliphatic rings. The van der Waals surface area contributed by atoms with Crippen molar-refractivity contribution < 1.29 is 4.79 Å². The highest BCUT2D eigenvalue weighted by Crippen LogP contribution is 2.26. The van der Waals surface area contributed by atoms with Gasteiger partial charge in [-0.1, -0.05) is 19.1 Å². The number of carbonyl (C=O) groups is 1. The van der Waals surface area contributed by atoms with E-state index < -0.39 is 0 Å². The van der Waals surface area contributed by atoms with Crippen molar-refractivity contribution in [2.45, 2.75) is 26.7 Å². The number of aromatic nitrogens is 2. The third-order valence-electron chi connectivity index (χ3n) is 3.94. The number of primary amides is 1. The minimum absolute atomic E-state index is 0.245. The van der Waals surface area contributed by atoms with Crippen molar-refractivity contribution in [3.05, 3.63) is 57.9 Å². The monoisotopic (exact) mass is 352 g/mol. The molecule has 3 rings (SSSR count). The van der Waals surface area contributed by atoms with Gasteiger partial charge in [-0.05, 0) is 42.5 Å². The van der Waals surface area contributed by atoms with Crippen molar-refractivity contribution in [2.75, 3.05) is 5.32 Å². The van der Waals surface area contributed by atoms with Crippen LogP contribution in [0.3, 0.4) is 0 Å². The van der Waals surface area contributed by atoms with E-state index in [1.807, 2.05) is 48.0 Å². The van der Waals surface area contributed by atoms with Crippen LogP contribution in [0.15, 0.2) is 41.1 Å². The molecule has 0 saturated heterocycles. The van der Waals surface area contributed by atoms with Crippen LogP contribution in [0.2, 0.25) is 0 Å². The quantitative estimate of drug-likeness (QED) is 0.706. The second-order valence-corrected chi connectivity index (χ2v) is 6.57. The van der Waals surface area contributed by atoms with Crippen molar-refractivity contribution in [2.24, 2.45) is 5.73 Å². The summed E-state index contributed by atoms with van der Waals surface area (Å²) < 4.78 is 0. The van der Waals surface area contributed by atoms with Gasteiger partial charge in [-0.25, -0.2) is 9.97 Å². The largest absolute Gasteiger partial charge is 0.369 e. The van der Waals surface area contributed by atoms with E-state index in [1.54, 1.807) is 11.3 Å². The molecule has 0 bridgehead atoms. The Balaban J connectivity index is 1.91. The Labute approximate surface area is 151 Å². The van der Waals surface area contributed by atoms with Gasteiger partial charge in [0.1, 0.15) is 5.82 Å². The number of amides is 1. The first-order chi connectivity index (χ1) is 12.1. The summed E-state index contributed by atoms with van der Waals surface area (Å²) in [5, 5.41) is 7.45. The van der Waals surface area contributed by atoms with Crippen LogP contribution in [0, 0.1) is 6.92 Å². The van der Waals surface area contributed by atoms with Crippen LogP contribution in [0.1, 0.15) is 23.7 Å². The van der Waals surface area contributed by atoms with E-state index in [-0.39, 0.29) is 12.3 Å². The third-order valence-corrected chi connectivity index (χ3v) is 4.63. The van der Waals surface area contributed by atoms with Gasteiger partial charge < -0.3 is 11.1 Å². The second kappa shape index (κ2) is 7.44. The van der Waals surface area contributed by atoms with Gasteiger partial charge in [0.25, 0.3) is 0 Å². The zero-order chi connectivity index (χ0) is 17.8. The van der Waals surface area contributed by atoms with Crippen molar-refractivity contribution in [3.63, 3.8) is 0 Å². The fraction of sp³-hybridized carbons (Fsp3) is 0.211. The molecule has 0 saturated carbocycles. The maximum absolute atomic E-state index is 11.0. The normalized spacial score (nSPS) is 10.6. The summed E-state index contributed by atoms with van der Waals surface area (Å²) in [4.78, 5) is 20.4. The van der Waals surface area contributed by atoms with Crippen LogP contribution < -0.4 is 11.1 Å². The molecule has 1 amide bonds. The average molecular weight is 352 g/mol. The van der Waals surface area contributed by atoms with Gasteiger partial charge >= 0.3 is 0 Å². The Kier molecular flexibility index (Phi) is 5.09. The number of nitrogens with two attached hydrogens (primary N) is 1. The molecule has 3 N–H and O–H groups in total. The first-order valence-corrected chi connectivity index (χ1v) is 9.05. The van der Waals surface area contributed by atoms with Crippen LogP contribution in [-0.4, -0.2) is 15.9 Å². The molecule has 6 heteroatoms. The maximum atomic E-state index is 11.0. The fourth-order valence-electron chi connectivity index (χ4n) is 2.69. The van der Waals surface area contributed by atoms with E-state index in [0.29, 0.717) is 0 Å². The zero-order valence-corrected chi connectivity index (χ0v) is 15.1. The predicted octanol–water partition coefficient (Wildman–Crippen LogP) is 3.85. The minimum Gasteiger partial charge on any atom is -0.369 e. The Morgan fingerprint density at radius 1 is 1.20 bits per heavy atom. The molecule has 25 heavy (non-hydrogen) atoms. The number of anilines is 2. The van der Waals surface area contributed by atoms with Gasteiger partial charge in [0.2, 0.25) is 5.91 Å².